The van der Waals surface area contributed by atoms with E-state index in [1.807, 2.05) is 17.8 Å². The maximum atomic E-state index is 9.64. The third-order valence-corrected chi connectivity index (χ3v) is 6.83. The lowest BCUT2D eigenvalue weighted by atomic mass is 10.00. The van der Waals surface area contributed by atoms with Crippen LogP contribution in [0.2, 0.25) is 0 Å². The third-order valence-electron chi connectivity index (χ3n) is 6.05. The molecule has 2 N–H and O–H groups in total. The van der Waals surface area contributed by atoms with Crippen LogP contribution in [-0.4, -0.2) is 79.5 Å². The highest BCUT2D eigenvalue weighted by molar-refractivity contribution is 7.80. The van der Waals surface area contributed by atoms with Gasteiger partial charge >= 0.3 is 0 Å². The van der Waals surface area contributed by atoms with Gasteiger partial charge < -0.3 is 19.9 Å². The van der Waals surface area contributed by atoms with Gasteiger partial charge in [-0.2, -0.15) is 5.10 Å². The number of aliphatic hydroxyl groups excluding tert-OH is 1. The number of fused-ring (bicyclic) bond motifs is 1. The first-order valence-corrected chi connectivity index (χ1v) is 11.9. The molecule has 170 valence electrons. The molecular formula is C23H30N6OS2. The molecule has 0 aliphatic carbocycles. The summed E-state index contributed by atoms with van der Waals surface area (Å²) in [4.78, 5) is 13.7. The number of hydrogen-bond acceptors (Lipinski definition) is 6. The minimum atomic E-state index is 0.0617. The van der Waals surface area contributed by atoms with Crippen LogP contribution < -0.4 is 0 Å². The van der Waals surface area contributed by atoms with Crippen LogP contribution >= 0.6 is 24.4 Å². The quantitative estimate of drug-likeness (QED) is 0.536. The number of aromatic nitrogens is 4. The largest absolute Gasteiger partial charge is 0.396 e. The van der Waals surface area contributed by atoms with Crippen LogP contribution in [0.15, 0.2) is 18.2 Å². The van der Waals surface area contributed by atoms with E-state index in [4.69, 9.17) is 29.4 Å². The first kappa shape index (κ1) is 23.0. The van der Waals surface area contributed by atoms with Gasteiger partial charge in [0.05, 0.1) is 11.2 Å². The van der Waals surface area contributed by atoms with Crippen LogP contribution in [0, 0.1) is 4.64 Å². The molecule has 3 heterocycles. The van der Waals surface area contributed by atoms with Crippen LogP contribution in [0.25, 0.3) is 22.4 Å². The summed E-state index contributed by atoms with van der Waals surface area (Å²) >= 11 is 11.5. The van der Waals surface area contributed by atoms with Crippen LogP contribution in [0.5, 0.6) is 0 Å². The van der Waals surface area contributed by atoms with Crippen LogP contribution in [-0.2, 0) is 19.9 Å². The van der Waals surface area contributed by atoms with Crippen LogP contribution in [0.4, 0.5) is 0 Å². The van der Waals surface area contributed by atoms with Gasteiger partial charge in [0.2, 0.25) is 0 Å². The van der Waals surface area contributed by atoms with Crippen molar-refractivity contribution in [1.82, 2.24) is 29.5 Å². The molecule has 0 bridgehead atoms. The Kier molecular flexibility index (Phi) is 6.99. The number of thiocarbonyl (C=S) groups is 1. The molecule has 1 fully saturated rings. The van der Waals surface area contributed by atoms with E-state index >= 15 is 0 Å². The highest BCUT2D eigenvalue weighted by atomic mass is 32.1. The number of benzene rings is 1. The Balaban J connectivity index is 1.80. The predicted molar refractivity (Wildman–Crippen MR) is 135 cm³/mol. The standard InChI is InChI=1S/C23H30N6OS2/c1-4-5-18-19-20(28(3)26-18)22(31)25-21(24-19)17-14-16(7-6-15(17)8-13-30)23(32)29-11-9-27(2)10-12-29/h6-7,14,30H,4-5,8-13H2,1-3H3,(H,24,25,31). The van der Waals surface area contributed by atoms with Crippen molar-refractivity contribution in [1.29, 1.82) is 0 Å². The topological polar surface area (TPSA) is 73.2 Å². The Morgan fingerprint density at radius 2 is 1.91 bits per heavy atom. The van der Waals surface area contributed by atoms with E-state index < -0.39 is 0 Å². The fourth-order valence-electron chi connectivity index (χ4n) is 4.26. The number of likely N-dealkylation sites (N-methyl/N-ethyl adjacent to an activating group) is 1. The van der Waals surface area contributed by atoms with E-state index in [9.17, 15) is 5.11 Å². The fraction of sp³-hybridized carbons (Fsp3) is 0.478. The number of aryl methyl sites for hydroxylation is 2. The Morgan fingerprint density at radius 3 is 2.59 bits per heavy atom. The summed E-state index contributed by atoms with van der Waals surface area (Å²) in [6, 6.07) is 6.18. The van der Waals surface area contributed by atoms with Crippen LogP contribution in [0.3, 0.4) is 0 Å². The van der Waals surface area contributed by atoms with E-state index in [0.29, 0.717) is 16.9 Å². The van der Waals surface area contributed by atoms with E-state index in [2.05, 4.69) is 46.0 Å². The smallest absolute Gasteiger partial charge is 0.156 e. The summed E-state index contributed by atoms with van der Waals surface area (Å²) in [5, 5.41) is 14.3. The molecule has 0 radical (unpaired) electrons. The molecule has 1 saturated heterocycles. The lowest BCUT2D eigenvalue weighted by molar-refractivity contribution is 0.218. The number of aliphatic hydroxyl groups is 1. The molecule has 0 spiro atoms. The zero-order chi connectivity index (χ0) is 22.8. The summed E-state index contributed by atoms with van der Waals surface area (Å²) in [7, 11) is 4.04. The third kappa shape index (κ3) is 4.47. The van der Waals surface area contributed by atoms with Crippen molar-refractivity contribution in [3.05, 3.63) is 39.7 Å². The molecule has 0 amide bonds. The summed E-state index contributed by atoms with van der Waals surface area (Å²) in [5.74, 6) is 0.694. The monoisotopic (exact) mass is 470 g/mol. The molecule has 1 aliphatic rings. The van der Waals surface area contributed by atoms with E-state index in [0.717, 1.165) is 77.4 Å². The molecule has 3 aromatic rings. The Labute approximate surface area is 199 Å². The molecule has 2 aromatic heterocycles. The molecule has 32 heavy (non-hydrogen) atoms. The van der Waals surface area contributed by atoms with Gasteiger partial charge in [-0.25, -0.2) is 4.98 Å². The number of rotatable bonds is 6. The fourth-order valence-corrected chi connectivity index (χ4v) is 4.89. The molecule has 0 unspecified atom stereocenters. The van der Waals surface area contributed by atoms with Gasteiger partial charge in [0, 0.05) is 51.0 Å². The minimum Gasteiger partial charge on any atom is -0.396 e. The first-order chi connectivity index (χ1) is 15.4. The van der Waals surface area contributed by atoms with Gasteiger partial charge in [-0.15, -0.1) is 0 Å². The number of nitrogens with one attached hydrogen (secondary N) is 1. The maximum Gasteiger partial charge on any atom is 0.156 e. The van der Waals surface area contributed by atoms with Crippen molar-refractivity contribution >= 4 is 40.5 Å². The summed E-state index contributed by atoms with van der Waals surface area (Å²) < 4.78 is 2.33. The van der Waals surface area contributed by atoms with E-state index in [1.165, 1.54) is 0 Å². The summed E-state index contributed by atoms with van der Waals surface area (Å²) in [6.45, 7) is 6.05. The van der Waals surface area contributed by atoms with Crippen molar-refractivity contribution in [2.75, 3.05) is 39.8 Å². The molecule has 0 saturated carbocycles. The predicted octanol–water partition coefficient (Wildman–Crippen LogP) is 3.10. The van der Waals surface area contributed by atoms with Gasteiger partial charge in [0.1, 0.15) is 16.3 Å². The normalized spacial score (nSPS) is 14.9. The molecule has 9 heteroatoms. The van der Waals surface area contributed by atoms with Crippen LogP contribution in [0.1, 0.15) is 30.2 Å². The van der Waals surface area contributed by atoms with Crippen molar-refractivity contribution in [3.63, 3.8) is 0 Å². The van der Waals surface area contributed by atoms with Gasteiger partial charge in [-0.05, 0) is 31.5 Å². The van der Waals surface area contributed by atoms with E-state index in [-0.39, 0.29) is 6.61 Å². The van der Waals surface area contributed by atoms with E-state index in [1.54, 1.807) is 0 Å². The second-order valence-electron chi connectivity index (χ2n) is 8.38. The number of aromatic amines is 1. The summed E-state index contributed by atoms with van der Waals surface area (Å²) in [5.41, 5.74) is 5.70. The van der Waals surface area contributed by atoms with Gasteiger partial charge in [-0.3, -0.25) is 4.68 Å². The average Bonchev–Trinajstić information content (AvgIpc) is 3.10. The maximum absolute atomic E-state index is 9.64. The van der Waals surface area contributed by atoms with Crippen molar-refractivity contribution < 1.29 is 5.11 Å². The van der Waals surface area contributed by atoms with Gasteiger partial charge in [0.25, 0.3) is 0 Å². The second-order valence-corrected chi connectivity index (χ2v) is 9.15. The lowest BCUT2D eigenvalue weighted by Gasteiger charge is -2.34. The Hall–Kier alpha value is -2.20. The molecule has 0 atom stereocenters. The minimum absolute atomic E-state index is 0.0617. The first-order valence-electron chi connectivity index (χ1n) is 11.1. The number of nitrogens with zero attached hydrogens (tertiary/aromatic N) is 5. The summed E-state index contributed by atoms with van der Waals surface area (Å²) in [6.07, 6.45) is 2.39. The SMILES string of the molecule is CCCc1nn(C)c2c(=S)nc(-c3cc(C(=S)N4CCN(C)CC4)ccc3CCO)[nH]c12. The van der Waals surface area contributed by atoms with Crippen molar-refractivity contribution in [3.8, 4) is 11.4 Å². The highest BCUT2D eigenvalue weighted by Gasteiger charge is 2.20. The number of hydrogen-bond donors (Lipinski definition) is 2. The lowest BCUT2D eigenvalue weighted by Crippen LogP contribution is -2.46. The average molecular weight is 471 g/mol. The molecule has 7 nitrogen and oxygen atoms in total. The molecule has 4 rings (SSSR count). The van der Waals surface area contributed by atoms with Crippen molar-refractivity contribution in [2.45, 2.75) is 26.2 Å². The van der Waals surface area contributed by atoms with Gasteiger partial charge in [0.15, 0.2) is 4.64 Å². The second kappa shape index (κ2) is 9.74. The highest BCUT2D eigenvalue weighted by Crippen LogP contribution is 2.27. The number of piperazine rings is 1. The number of H-pyrrole nitrogens is 1. The molecule has 1 aromatic carbocycles. The van der Waals surface area contributed by atoms with Gasteiger partial charge in [-0.1, -0.05) is 49.9 Å². The molecular weight excluding hydrogens is 440 g/mol. The molecule has 1 aliphatic heterocycles. The zero-order valence-corrected chi connectivity index (χ0v) is 20.5. The Bertz CT molecular complexity index is 1190. The zero-order valence-electron chi connectivity index (χ0n) is 18.9. The Morgan fingerprint density at radius 1 is 1.16 bits per heavy atom. The van der Waals surface area contributed by atoms with Crippen molar-refractivity contribution in [2.24, 2.45) is 7.05 Å².